The van der Waals surface area contributed by atoms with Crippen LogP contribution >= 0.6 is 0 Å². The van der Waals surface area contributed by atoms with Crippen LogP contribution in [0.1, 0.15) is 6.92 Å². The molecule has 1 rings (SSSR count). The first-order valence-electron chi connectivity index (χ1n) is 4.20. The van der Waals surface area contributed by atoms with Crippen molar-refractivity contribution in [3.8, 4) is 0 Å². The van der Waals surface area contributed by atoms with Gasteiger partial charge in [0.2, 0.25) is 0 Å². The Bertz CT molecular complexity index is 275. The molecule has 0 radical (unpaired) electrons. The van der Waals surface area contributed by atoms with E-state index in [9.17, 15) is 0 Å². The smallest absolute Gasteiger partial charge is 0.125 e. The third kappa shape index (κ3) is 2.91. The fourth-order valence-electron chi connectivity index (χ4n) is 1.18. The number of nitrogen functional groups attached to an aromatic ring is 1. The number of likely N-dealkylation sites (N-methyl/N-ethyl adjacent to an activating group) is 1. The van der Waals surface area contributed by atoms with Crippen molar-refractivity contribution in [2.45, 2.75) is 13.0 Å². The van der Waals surface area contributed by atoms with Crippen LogP contribution in [0.25, 0.3) is 0 Å². The molecule has 0 aliphatic carbocycles. The molecule has 1 heterocycles. The number of aromatic nitrogens is 1. The van der Waals surface area contributed by atoms with Gasteiger partial charge in [-0.2, -0.15) is 0 Å². The molecule has 0 aliphatic heterocycles. The summed E-state index contributed by atoms with van der Waals surface area (Å²) in [5, 5.41) is 9.16. The van der Waals surface area contributed by atoms with Gasteiger partial charge < -0.3 is 15.7 Å². The van der Waals surface area contributed by atoms with Crippen LogP contribution in [0.15, 0.2) is 18.3 Å². The highest BCUT2D eigenvalue weighted by Gasteiger charge is 2.04. The van der Waals surface area contributed by atoms with E-state index in [0.29, 0.717) is 12.4 Å². The van der Waals surface area contributed by atoms with E-state index in [0.717, 1.165) is 5.69 Å². The molecule has 1 aromatic heterocycles. The van der Waals surface area contributed by atoms with E-state index in [4.69, 9.17) is 10.8 Å². The van der Waals surface area contributed by atoms with Crippen LogP contribution in [0, 0.1) is 0 Å². The van der Waals surface area contributed by atoms with E-state index < -0.39 is 0 Å². The Kier molecular flexibility index (Phi) is 3.08. The second-order valence-corrected chi connectivity index (χ2v) is 3.17. The largest absolute Gasteiger partial charge is 0.392 e. The van der Waals surface area contributed by atoms with Crippen molar-refractivity contribution in [2.24, 2.45) is 0 Å². The van der Waals surface area contributed by atoms with Gasteiger partial charge in [-0.3, -0.25) is 0 Å². The first-order chi connectivity index (χ1) is 6.09. The maximum Gasteiger partial charge on any atom is 0.125 e. The summed E-state index contributed by atoms with van der Waals surface area (Å²) in [5.41, 5.74) is 6.49. The van der Waals surface area contributed by atoms with Crippen molar-refractivity contribution in [1.29, 1.82) is 0 Å². The fourth-order valence-corrected chi connectivity index (χ4v) is 1.18. The summed E-state index contributed by atoms with van der Waals surface area (Å²) < 4.78 is 0. The van der Waals surface area contributed by atoms with Crippen LogP contribution in [0.3, 0.4) is 0 Å². The molecule has 1 aromatic rings. The zero-order valence-corrected chi connectivity index (χ0v) is 7.94. The molecule has 4 nitrogen and oxygen atoms in total. The molecule has 0 amide bonds. The quantitative estimate of drug-likeness (QED) is 0.712. The number of nitrogens with zero attached hydrogens (tertiary/aromatic N) is 2. The highest BCUT2D eigenvalue weighted by atomic mass is 16.3. The minimum atomic E-state index is -0.348. The molecular weight excluding hydrogens is 166 g/mol. The van der Waals surface area contributed by atoms with Gasteiger partial charge in [-0.05, 0) is 13.0 Å². The lowest BCUT2D eigenvalue weighted by Crippen LogP contribution is -2.26. The lowest BCUT2D eigenvalue weighted by Gasteiger charge is -2.20. The summed E-state index contributed by atoms with van der Waals surface area (Å²) >= 11 is 0. The average Bonchev–Trinajstić information content (AvgIpc) is 2.03. The molecule has 4 heteroatoms. The van der Waals surface area contributed by atoms with Crippen molar-refractivity contribution < 1.29 is 5.11 Å². The van der Waals surface area contributed by atoms with Crippen molar-refractivity contribution in [3.05, 3.63) is 18.3 Å². The molecule has 0 bridgehead atoms. The second-order valence-electron chi connectivity index (χ2n) is 3.17. The number of aliphatic hydroxyl groups excluding tert-OH is 1. The van der Waals surface area contributed by atoms with Crippen LogP contribution in [-0.4, -0.2) is 29.8 Å². The summed E-state index contributed by atoms with van der Waals surface area (Å²) in [6.07, 6.45) is 1.31. The number of pyridine rings is 1. The first kappa shape index (κ1) is 9.80. The maximum atomic E-state index is 9.16. The van der Waals surface area contributed by atoms with Crippen LogP contribution in [0.4, 0.5) is 11.5 Å². The van der Waals surface area contributed by atoms with Crippen molar-refractivity contribution in [3.63, 3.8) is 0 Å². The molecule has 0 saturated heterocycles. The standard InChI is InChI=1S/C9H15N3O/c1-7(13)6-12(2)8-3-4-11-9(10)5-8/h3-5,7,13H,6H2,1-2H3,(H2,10,11). The highest BCUT2D eigenvalue weighted by molar-refractivity contribution is 5.51. The number of nitrogens with two attached hydrogens (primary N) is 1. The Hall–Kier alpha value is -1.29. The van der Waals surface area contributed by atoms with Crippen molar-refractivity contribution in [2.75, 3.05) is 24.2 Å². The SMILES string of the molecule is CC(O)CN(C)c1ccnc(N)c1. The summed E-state index contributed by atoms with van der Waals surface area (Å²) in [4.78, 5) is 5.82. The topological polar surface area (TPSA) is 62.4 Å². The molecule has 0 fully saturated rings. The van der Waals surface area contributed by atoms with Crippen molar-refractivity contribution >= 4 is 11.5 Å². The number of anilines is 2. The van der Waals surface area contributed by atoms with Gasteiger partial charge in [0.05, 0.1) is 6.10 Å². The van der Waals surface area contributed by atoms with Gasteiger partial charge in [0.25, 0.3) is 0 Å². The van der Waals surface area contributed by atoms with E-state index in [1.165, 1.54) is 0 Å². The van der Waals surface area contributed by atoms with Crippen LogP contribution in [0.2, 0.25) is 0 Å². The third-order valence-electron chi connectivity index (χ3n) is 1.74. The van der Waals surface area contributed by atoms with E-state index in [2.05, 4.69) is 4.98 Å². The summed E-state index contributed by atoms with van der Waals surface area (Å²) in [7, 11) is 1.90. The minimum absolute atomic E-state index is 0.348. The lowest BCUT2D eigenvalue weighted by molar-refractivity contribution is 0.201. The predicted octanol–water partition coefficient (Wildman–Crippen LogP) is 0.481. The number of aliphatic hydroxyl groups is 1. The molecule has 1 atom stereocenters. The number of hydrogen-bond acceptors (Lipinski definition) is 4. The molecular formula is C9H15N3O. The molecule has 0 saturated carbocycles. The Morgan fingerprint density at radius 1 is 1.69 bits per heavy atom. The highest BCUT2D eigenvalue weighted by Crippen LogP contribution is 2.13. The van der Waals surface area contributed by atoms with Gasteiger partial charge >= 0.3 is 0 Å². The number of rotatable bonds is 3. The first-order valence-corrected chi connectivity index (χ1v) is 4.20. The Balaban J connectivity index is 2.71. The van der Waals surface area contributed by atoms with E-state index in [1.54, 1.807) is 19.2 Å². The predicted molar refractivity (Wildman–Crippen MR) is 53.6 cm³/mol. The van der Waals surface area contributed by atoms with E-state index in [1.807, 2.05) is 18.0 Å². The van der Waals surface area contributed by atoms with Crippen LogP contribution < -0.4 is 10.6 Å². The molecule has 1 unspecified atom stereocenters. The molecule has 72 valence electrons. The maximum absolute atomic E-state index is 9.16. The molecule has 0 aliphatic rings. The van der Waals surface area contributed by atoms with Crippen LogP contribution in [-0.2, 0) is 0 Å². The molecule has 3 N–H and O–H groups in total. The molecule has 0 spiro atoms. The van der Waals surface area contributed by atoms with Gasteiger partial charge in [0.15, 0.2) is 0 Å². The lowest BCUT2D eigenvalue weighted by atomic mass is 10.3. The number of hydrogen-bond donors (Lipinski definition) is 2. The Morgan fingerprint density at radius 3 is 2.92 bits per heavy atom. The van der Waals surface area contributed by atoms with Gasteiger partial charge in [-0.15, -0.1) is 0 Å². The Labute approximate surface area is 78.0 Å². The normalized spacial score (nSPS) is 12.5. The fraction of sp³-hybridized carbons (Fsp3) is 0.444. The van der Waals surface area contributed by atoms with Gasteiger partial charge in [0.1, 0.15) is 5.82 Å². The third-order valence-corrected chi connectivity index (χ3v) is 1.74. The molecule has 0 aromatic carbocycles. The summed E-state index contributed by atoms with van der Waals surface area (Å²) in [5.74, 6) is 0.495. The Morgan fingerprint density at radius 2 is 2.38 bits per heavy atom. The average molecular weight is 181 g/mol. The van der Waals surface area contributed by atoms with E-state index >= 15 is 0 Å². The zero-order chi connectivity index (χ0) is 9.84. The van der Waals surface area contributed by atoms with Crippen molar-refractivity contribution in [1.82, 2.24) is 4.98 Å². The van der Waals surface area contributed by atoms with Crippen LogP contribution in [0.5, 0.6) is 0 Å². The van der Waals surface area contributed by atoms with Gasteiger partial charge in [0, 0.05) is 31.5 Å². The molecule has 13 heavy (non-hydrogen) atoms. The monoisotopic (exact) mass is 181 g/mol. The zero-order valence-electron chi connectivity index (χ0n) is 7.94. The van der Waals surface area contributed by atoms with E-state index in [-0.39, 0.29) is 6.10 Å². The summed E-state index contributed by atoms with van der Waals surface area (Å²) in [6.45, 7) is 2.34. The second kappa shape index (κ2) is 4.09. The summed E-state index contributed by atoms with van der Waals surface area (Å²) in [6, 6.07) is 3.64. The minimum Gasteiger partial charge on any atom is -0.392 e. The van der Waals surface area contributed by atoms with Gasteiger partial charge in [-0.1, -0.05) is 0 Å². The van der Waals surface area contributed by atoms with Gasteiger partial charge in [-0.25, -0.2) is 4.98 Å².